The van der Waals surface area contributed by atoms with Crippen LogP contribution >= 0.6 is 0 Å². The molecule has 43 heavy (non-hydrogen) atoms. The van der Waals surface area contributed by atoms with Gasteiger partial charge in [0.05, 0.1) is 0 Å². The van der Waals surface area contributed by atoms with Gasteiger partial charge in [-0.1, -0.05) is 88.4 Å². The first-order valence-corrected chi connectivity index (χ1v) is 18.8. The van der Waals surface area contributed by atoms with E-state index in [9.17, 15) is 19.2 Å². The van der Waals surface area contributed by atoms with Crippen molar-refractivity contribution in [2.75, 3.05) is 28.4 Å². The molecule has 240 valence electrons. The first kappa shape index (κ1) is 41.1. The zero-order valence-electron chi connectivity index (χ0n) is 26.8. The SMILES string of the molecule is CCCC(=O)C(C(=O)c1ccccc1)[Si](CC)(OC)OC.CCCC(=O)C(C(=O)c1ccccc1)[Si](CC)(OC)OC.[Pt+2]. The van der Waals surface area contributed by atoms with Gasteiger partial charge in [0.15, 0.2) is 11.6 Å². The van der Waals surface area contributed by atoms with Crippen LogP contribution in [-0.2, 0) is 48.4 Å². The largest absolute Gasteiger partial charge is 2.00 e. The van der Waals surface area contributed by atoms with Gasteiger partial charge in [0.25, 0.3) is 0 Å². The maximum absolute atomic E-state index is 12.8. The average molecular weight is 812 g/mol. The molecule has 2 aromatic carbocycles. The molecule has 2 rings (SSSR count). The molecular formula is C32H48O8PtSi2+2. The van der Waals surface area contributed by atoms with E-state index in [4.69, 9.17) is 17.7 Å². The molecule has 0 radical (unpaired) electrons. The summed E-state index contributed by atoms with van der Waals surface area (Å²) >= 11 is 0. The second-order valence-corrected chi connectivity index (χ2v) is 17.4. The standard InChI is InChI=1S/2C16H24O4Si.Pt/c2*1-5-10-14(17)16(21(6-2,19-3)20-4)15(18)13-11-8-7-9-12-13;/h2*7-9,11-12,16H,5-6,10H2,1-4H3;/q;;+2. The number of rotatable bonds is 18. The number of hydrogen-bond donors (Lipinski definition) is 0. The number of carbonyl (C=O) groups is 4. The Morgan fingerprint density at radius 1 is 0.558 bits per heavy atom. The Bertz CT molecular complexity index is 1020. The van der Waals surface area contributed by atoms with Crippen molar-refractivity contribution < 1.29 is 57.9 Å². The average Bonchev–Trinajstić information content (AvgIpc) is 3.03. The van der Waals surface area contributed by atoms with Gasteiger partial charge < -0.3 is 17.7 Å². The second kappa shape index (κ2) is 20.9. The maximum Gasteiger partial charge on any atom is 2.00 e. The Balaban J connectivity index is 0.000000802. The van der Waals surface area contributed by atoms with Crippen LogP contribution in [0.15, 0.2) is 60.7 Å². The molecule has 0 aliphatic heterocycles. The molecule has 2 atom stereocenters. The molecule has 2 unspecified atom stereocenters. The van der Waals surface area contributed by atoms with Gasteiger partial charge in [-0.15, -0.1) is 0 Å². The summed E-state index contributed by atoms with van der Waals surface area (Å²) in [4.78, 5) is 50.7. The van der Waals surface area contributed by atoms with E-state index in [1.807, 2.05) is 39.8 Å². The van der Waals surface area contributed by atoms with Gasteiger partial charge in [0.1, 0.15) is 22.6 Å². The predicted molar refractivity (Wildman–Crippen MR) is 169 cm³/mol. The van der Waals surface area contributed by atoms with Crippen LogP contribution in [0, 0.1) is 0 Å². The molecule has 0 N–H and O–H groups in total. The summed E-state index contributed by atoms with van der Waals surface area (Å²) in [6.45, 7) is 7.67. The molecule has 0 saturated carbocycles. The summed E-state index contributed by atoms with van der Waals surface area (Å²) in [5, 5.41) is 0. The molecule has 0 aliphatic carbocycles. The molecular weight excluding hydrogens is 764 g/mol. The van der Waals surface area contributed by atoms with Gasteiger partial charge in [0, 0.05) is 52.4 Å². The molecule has 0 spiro atoms. The summed E-state index contributed by atoms with van der Waals surface area (Å²) in [5.41, 5.74) is -0.544. The van der Waals surface area contributed by atoms with Crippen molar-refractivity contribution in [1.82, 2.24) is 0 Å². The van der Waals surface area contributed by atoms with E-state index in [0.717, 1.165) is 0 Å². The topological polar surface area (TPSA) is 105 Å². The summed E-state index contributed by atoms with van der Waals surface area (Å²) in [7, 11) is 0.342. The van der Waals surface area contributed by atoms with E-state index in [0.29, 0.717) is 48.9 Å². The van der Waals surface area contributed by atoms with Crippen molar-refractivity contribution in [3.8, 4) is 0 Å². The first-order valence-electron chi connectivity index (χ1n) is 14.6. The fourth-order valence-electron chi connectivity index (χ4n) is 5.13. The molecule has 2 aromatic rings. The molecule has 0 aromatic heterocycles. The van der Waals surface area contributed by atoms with Gasteiger partial charge in [-0.05, 0) is 24.9 Å². The van der Waals surface area contributed by atoms with E-state index >= 15 is 0 Å². The van der Waals surface area contributed by atoms with Gasteiger partial charge in [-0.2, -0.15) is 0 Å². The Kier molecular flexibility index (Phi) is 20.0. The van der Waals surface area contributed by atoms with Crippen molar-refractivity contribution in [2.45, 2.75) is 76.5 Å². The number of hydrogen-bond acceptors (Lipinski definition) is 8. The van der Waals surface area contributed by atoms with E-state index in [1.54, 1.807) is 48.5 Å². The van der Waals surface area contributed by atoms with Gasteiger partial charge in [-0.3, -0.25) is 19.2 Å². The van der Waals surface area contributed by atoms with E-state index in [-0.39, 0.29) is 44.2 Å². The molecule has 11 heteroatoms. The molecule has 8 nitrogen and oxygen atoms in total. The molecule has 0 saturated heterocycles. The van der Waals surface area contributed by atoms with Crippen LogP contribution in [-0.4, -0.2) is 68.7 Å². The van der Waals surface area contributed by atoms with Crippen molar-refractivity contribution in [3.63, 3.8) is 0 Å². The minimum atomic E-state index is -2.89. The smallest absolute Gasteiger partial charge is 0.397 e. The maximum atomic E-state index is 12.8. The van der Waals surface area contributed by atoms with Gasteiger partial charge in [-0.25, -0.2) is 0 Å². The Hall–Kier alpha value is -1.92. The van der Waals surface area contributed by atoms with E-state index < -0.39 is 28.2 Å². The van der Waals surface area contributed by atoms with E-state index in [2.05, 4.69) is 0 Å². The van der Waals surface area contributed by atoms with Crippen LogP contribution in [0.25, 0.3) is 0 Å². The quantitative estimate of drug-likeness (QED) is 0.0929. The number of carbonyl (C=O) groups excluding carboxylic acids is 4. The van der Waals surface area contributed by atoms with Gasteiger partial charge in [0.2, 0.25) is 0 Å². The van der Waals surface area contributed by atoms with Crippen LogP contribution in [0.4, 0.5) is 0 Å². The predicted octanol–water partition coefficient (Wildman–Crippen LogP) is 6.72. The van der Waals surface area contributed by atoms with Crippen LogP contribution in [0.1, 0.15) is 74.1 Å². The first-order chi connectivity index (χ1) is 20.1. The minimum Gasteiger partial charge on any atom is -0.397 e. The molecule has 0 aliphatic rings. The summed E-state index contributed by atoms with van der Waals surface area (Å²) < 4.78 is 22.3. The van der Waals surface area contributed by atoms with E-state index in [1.165, 1.54) is 28.4 Å². The Labute approximate surface area is 274 Å². The third-order valence-corrected chi connectivity index (χ3v) is 15.2. The van der Waals surface area contributed by atoms with Crippen molar-refractivity contribution >= 4 is 40.3 Å². The Morgan fingerprint density at radius 3 is 1.05 bits per heavy atom. The number of ketones is 4. The third kappa shape index (κ3) is 10.6. The van der Waals surface area contributed by atoms with Crippen LogP contribution in [0.3, 0.4) is 0 Å². The van der Waals surface area contributed by atoms with Crippen LogP contribution in [0.2, 0.25) is 23.2 Å². The summed E-state index contributed by atoms with van der Waals surface area (Å²) in [6, 6.07) is 18.9. The number of Topliss-reactive ketones (excluding diaryl/α,β-unsaturated/α-hetero) is 4. The molecule has 0 amide bonds. The Morgan fingerprint density at radius 2 is 0.837 bits per heavy atom. The van der Waals surface area contributed by atoms with Crippen molar-refractivity contribution in [1.29, 1.82) is 0 Å². The minimum absolute atomic E-state index is 0. The molecule has 0 bridgehead atoms. The fourth-order valence-corrected chi connectivity index (χ4v) is 10.8. The zero-order chi connectivity index (χ0) is 31.8. The second-order valence-electron chi connectivity index (χ2n) is 9.91. The summed E-state index contributed by atoms with van der Waals surface area (Å²) in [6.07, 6.45) is 2.15. The summed E-state index contributed by atoms with van der Waals surface area (Å²) in [5.74, 6) is -0.537. The van der Waals surface area contributed by atoms with Crippen molar-refractivity contribution in [3.05, 3.63) is 71.8 Å². The van der Waals surface area contributed by atoms with Crippen molar-refractivity contribution in [2.24, 2.45) is 0 Å². The molecule has 0 heterocycles. The number of benzene rings is 2. The van der Waals surface area contributed by atoms with Gasteiger partial charge >= 0.3 is 38.2 Å². The molecule has 0 fully saturated rings. The zero-order valence-corrected chi connectivity index (χ0v) is 31.0. The fraction of sp³-hybridized carbons (Fsp3) is 0.500. The third-order valence-electron chi connectivity index (χ3n) is 7.53. The van der Waals surface area contributed by atoms with Crippen LogP contribution in [0.5, 0.6) is 0 Å². The normalized spacial score (nSPS) is 12.7. The monoisotopic (exact) mass is 811 g/mol. The van der Waals surface area contributed by atoms with Crippen LogP contribution < -0.4 is 0 Å².